The monoisotopic (exact) mass is 439 g/mol. The fourth-order valence-electron chi connectivity index (χ4n) is 2.81. The number of rotatable bonds is 3. The Morgan fingerprint density at radius 1 is 1.07 bits per heavy atom. The first-order chi connectivity index (χ1) is 12.8. The Morgan fingerprint density at radius 2 is 1.74 bits per heavy atom. The lowest BCUT2D eigenvalue weighted by Gasteiger charge is -2.18. The molecule has 4 nitrogen and oxygen atoms in total. The maximum absolute atomic E-state index is 13.6. The molecule has 0 fully saturated rings. The highest BCUT2D eigenvalue weighted by atomic mass is 79.9. The van der Waals surface area contributed by atoms with Gasteiger partial charge in [0.1, 0.15) is 11.3 Å². The second-order valence-electron chi connectivity index (χ2n) is 5.60. The molecule has 0 saturated carbocycles. The van der Waals surface area contributed by atoms with E-state index in [1.54, 1.807) is 37.3 Å². The summed E-state index contributed by atoms with van der Waals surface area (Å²) in [5.74, 6) is -0.966. The van der Waals surface area contributed by atoms with Gasteiger partial charge in [-0.2, -0.15) is 13.2 Å². The van der Waals surface area contributed by atoms with Crippen molar-refractivity contribution in [3.63, 3.8) is 0 Å². The van der Waals surface area contributed by atoms with Crippen LogP contribution in [0.15, 0.2) is 57.8 Å². The van der Waals surface area contributed by atoms with Gasteiger partial charge in [0.15, 0.2) is 0 Å². The van der Waals surface area contributed by atoms with Crippen LogP contribution in [0.25, 0.3) is 16.5 Å². The van der Waals surface area contributed by atoms with Crippen molar-refractivity contribution < 1.29 is 22.7 Å². The average molecular weight is 440 g/mol. The van der Waals surface area contributed by atoms with E-state index in [9.17, 15) is 22.8 Å². The normalized spacial score (nSPS) is 11.6. The fourth-order valence-corrected chi connectivity index (χ4v) is 3.31. The molecule has 0 atom stereocenters. The molecule has 0 amide bonds. The highest BCUT2D eigenvalue weighted by Crippen LogP contribution is 2.33. The molecule has 0 aliphatic rings. The molecule has 140 valence electrons. The van der Waals surface area contributed by atoms with Crippen LogP contribution in [0.3, 0.4) is 0 Å². The number of benzene rings is 2. The first-order valence-electron chi connectivity index (χ1n) is 7.93. The Labute approximate surface area is 160 Å². The van der Waals surface area contributed by atoms with Gasteiger partial charge in [-0.05, 0) is 36.6 Å². The Morgan fingerprint density at radius 3 is 2.41 bits per heavy atom. The number of ether oxygens (including phenoxy) is 1. The van der Waals surface area contributed by atoms with Gasteiger partial charge in [-0.25, -0.2) is 4.79 Å². The van der Waals surface area contributed by atoms with Gasteiger partial charge in [-0.1, -0.05) is 40.2 Å². The molecule has 0 aliphatic heterocycles. The number of fused-ring (bicyclic) bond motifs is 1. The van der Waals surface area contributed by atoms with E-state index in [-0.39, 0.29) is 12.3 Å². The van der Waals surface area contributed by atoms with Gasteiger partial charge in [0.05, 0.1) is 12.3 Å². The number of carbonyl (C=O) groups is 1. The lowest BCUT2D eigenvalue weighted by molar-refractivity contribution is -0.142. The van der Waals surface area contributed by atoms with Crippen LogP contribution < -0.4 is 5.56 Å². The third-order valence-electron chi connectivity index (χ3n) is 3.95. The topological polar surface area (TPSA) is 48.3 Å². The second kappa shape index (κ2) is 7.19. The zero-order chi connectivity index (χ0) is 19.8. The highest BCUT2D eigenvalue weighted by molar-refractivity contribution is 9.10. The van der Waals surface area contributed by atoms with Crippen LogP contribution in [0.1, 0.15) is 23.0 Å². The number of nitrogens with zero attached hydrogens (tertiary/aromatic N) is 1. The minimum atomic E-state index is -4.79. The van der Waals surface area contributed by atoms with E-state index in [0.717, 1.165) is 6.07 Å². The number of carbonyl (C=O) groups excluding carboxylic acids is 1. The summed E-state index contributed by atoms with van der Waals surface area (Å²) in [7, 11) is 0. The SMILES string of the molecule is CCOC(=O)c1ccc(C(F)(F)F)n(-c2cccc3c(Br)cccc23)c1=O. The van der Waals surface area contributed by atoms with E-state index < -0.39 is 29.0 Å². The van der Waals surface area contributed by atoms with Gasteiger partial charge in [0.2, 0.25) is 0 Å². The zero-order valence-corrected chi connectivity index (χ0v) is 15.6. The number of pyridine rings is 1. The van der Waals surface area contributed by atoms with Crippen molar-refractivity contribution in [1.29, 1.82) is 0 Å². The molecule has 0 bridgehead atoms. The molecule has 0 radical (unpaired) electrons. The van der Waals surface area contributed by atoms with Crippen LogP contribution in [0, 0.1) is 0 Å². The predicted octanol–water partition coefficient (Wildman–Crippen LogP) is 4.95. The Bertz CT molecular complexity index is 1090. The molecule has 0 saturated heterocycles. The largest absolute Gasteiger partial charge is 0.462 e. The maximum atomic E-state index is 13.6. The first kappa shape index (κ1) is 19.2. The molecule has 0 spiro atoms. The molecule has 2 aromatic carbocycles. The fraction of sp³-hybridized carbons (Fsp3) is 0.158. The summed E-state index contributed by atoms with van der Waals surface area (Å²) >= 11 is 3.35. The lowest BCUT2D eigenvalue weighted by Crippen LogP contribution is -2.31. The average Bonchev–Trinajstić information content (AvgIpc) is 2.61. The summed E-state index contributed by atoms with van der Waals surface area (Å²) in [5, 5.41) is 1.07. The number of aromatic nitrogens is 1. The van der Waals surface area contributed by atoms with E-state index in [2.05, 4.69) is 15.9 Å². The highest BCUT2D eigenvalue weighted by Gasteiger charge is 2.36. The van der Waals surface area contributed by atoms with Crippen molar-refractivity contribution in [3.8, 4) is 5.69 Å². The summed E-state index contributed by atoms with van der Waals surface area (Å²) in [6, 6.07) is 11.2. The van der Waals surface area contributed by atoms with Crippen molar-refractivity contribution in [2.75, 3.05) is 6.61 Å². The summed E-state index contributed by atoms with van der Waals surface area (Å²) in [5.41, 5.74) is -2.70. The number of hydrogen-bond acceptors (Lipinski definition) is 3. The molecule has 0 aliphatic carbocycles. The van der Waals surface area contributed by atoms with Crippen molar-refractivity contribution in [1.82, 2.24) is 4.57 Å². The smallest absolute Gasteiger partial charge is 0.431 e. The number of halogens is 4. The minimum Gasteiger partial charge on any atom is -0.462 e. The number of alkyl halides is 3. The molecule has 0 N–H and O–H groups in total. The Balaban J connectivity index is 2.41. The van der Waals surface area contributed by atoms with E-state index in [1.807, 2.05) is 0 Å². The predicted molar refractivity (Wildman–Crippen MR) is 98.2 cm³/mol. The van der Waals surface area contributed by atoms with Crippen molar-refractivity contribution in [2.24, 2.45) is 0 Å². The van der Waals surface area contributed by atoms with Crippen LogP contribution in [0.5, 0.6) is 0 Å². The molecule has 3 rings (SSSR count). The molecule has 1 aromatic heterocycles. The van der Waals surface area contributed by atoms with Gasteiger partial charge >= 0.3 is 12.1 Å². The van der Waals surface area contributed by atoms with Gasteiger partial charge < -0.3 is 4.74 Å². The summed E-state index contributed by atoms with van der Waals surface area (Å²) < 4.78 is 46.7. The minimum absolute atomic E-state index is 0.000506. The Hall–Kier alpha value is -2.61. The third kappa shape index (κ3) is 3.49. The molecule has 1 heterocycles. The van der Waals surface area contributed by atoms with Crippen LogP contribution >= 0.6 is 15.9 Å². The van der Waals surface area contributed by atoms with Crippen LogP contribution in [0.2, 0.25) is 0 Å². The molecule has 3 aromatic rings. The third-order valence-corrected chi connectivity index (χ3v) is 4.65. The molecule has 0 unspecified atom stereocenters. The quantitative estimate of drug-likeness (QED) is 0.542. The van der Waals surface area contributed by atoms with Crippen LogP contribution in [-0.2, 0) is 10.9 Å². The second-order valence-corrected chi connectivity index (χ2v) is 6.46. The molecular formula is C19H13BrF3NO3. The lowest BCUT2D eigenvalue weighted by atomic mass is 10.1. The number of esters is 1. The summed E-state index contributed by atoms with van der Waals surface area (Å²) in [4.78, 5) is 24.8. The van der Waals surface area contributed by atoms with Gasteiger partial charge in [-0.15, -0.1) is 0 Å². The van der Waals surface area contributed by atoms with Gasteiger partial charge in [-0.3, -0.25) is 9.36 Å². The van der Waals surface area contributed by atoms with Crippen molar-refractivity contribution >= 4 is 32.7 Å². The summed E-state index contributed by atoms with van der Waals surface area (Å²) in [6.45, 7) is 1.54. The maximum Gasteiger partial charge on any atom is 0.431 e. The molecular weight excluding hydrogens is 427 g/mol. The zero-order valence-electron chi connectivity index (χ0n) is 14.0. The van der Waals surface area contributed by atoms with Crippen molar-refractivity contribution in [2.45, 2.75) is 13.1 Å². The van der Waals surface area contributed by atoms with E-state index in [4.69, 9.17) is 4.74 Å². The Kier molecular flexibility index (Phi) is 5.10. The standard InChI is InChI=1S/C19H13BrF3NO3/c1-2-27-18(26)13-9-10-16(19(21,22)23)24(17(13)25)15-8-4-5-11-12(15)6-3-7-14(11)20/h3-10H,2H2,1H3. The summed E-state index contributed by atoms with van der Waals surface area (Å²) in [6.07, 6.45) is -4.79. The van der Waals surface area contributed by atoms with E-state index in [1.165, 1.54) is 6.07 Å². The van der Waals surface area contributed by atoms with E-state index >= 15 is 0 Å². The van der Waals surface area contributed by atoms with Gasteiger partial charge in [0, 0.05) is 9.86 Å². The van der Waals surface area contributed by atoms with Gasteiger partial charge in [0.25, 0.3) is 5.56 Å². The van der Waals surface area contributed by atoms with Crippen LogP contribution in [-0.4, -0.2) is 17.1 Å². The van der Waals surface area contributed by atoms with Crippen LogP contribution in [0.4, 0.5) is 13.2 Å². The molecule has 27 heavy (non-hydrogen) atoms. The van der Waals surface area contributed by atoms with Crippen molar-refractivity contribution in [3.05, 3.63) is 74.6 Å². The number of hydrogen-bond donors (Lipinski definition) is 0. The molecule has 8 heteroatoms. The first-order valence-corrected chi connectivity index (χ1v) is 8.73. The van der Waals surface area contributed by atoms with E-state index in [0.29, 0.717) is 25.9 Å².